The van der Waals surface area contributed by atoms with Crippen molar-refractivity contribution in [2.75, 3.05) is 13.7 Å². The van der Waals surface area contributed by atoms with E-state index in [1.165, 1.54) is 5.56 Å². The lowest BCUT2D eigenvalue weighted by Crippen LogP contribution is -2.23. The van der Waals surface area contributed by atoms with Crippen LogP contribution in [0.2, 0.25) is 0 Å². The molecule has 1 aromatic heterocycles. The van der Waals surface area contributed by atoms with E-state index in [9.17, 15) is 0 Å². The number of rotatable bonds is 8. The Balaban J connectivity index is 2.62. The van der Waals surface area contributed by atoms with Gasteiger partial charge in [-0.15, -0.1) is 0 Å². The van der Waals surface area contributed by atoms with Crippen LogP contribution in [0.5, 0.6) is 0 Å². The summed E-state index contributed by atoms with van der Waals surface area (Å²) >= 11 is 0. The number of hydrogen-bond donors (Lipinski definition) is 1. The van der Waals surface area contributed by atoms with Crippen LogP contribution in [0, 0.1) is 6.92 Å². The van der Waals surface area contributed by atoms with Crippen molar-refractivity contribution in [3.63, 3.8) is 0 Å². The van der Waals surface area contributed by atoms with Gasteiger partial charge in [0, 0.05) is 25.0 Å². The number of ether oxygens (including phenoxy) is 1. The third-order valence-corrected chi connectivity index (χ3v) is 3.24. The van der Waals surface area contributed by atoms with Crippen molar-refractivity contribution in [1.82, 2.24) is 10.3 Å². The lowest BCUT2D eigenvalue weighted by Gasteiger charge is -2.20. The Labute approximate surface area is 111 Å². The van der Waals surface area contributed by atoms with E-state index in [4.69, 9.17) is 4.74 Å². The van der Waals surface area contributed by atoms with Crippen molar-refractivity contribution in [3.8, 4) is 0 Å². The molecular weight excluding hydrogens is 224 g/mol. The van der Waals surface area contributed by atoms with Crippen molar-refractivity contribution < 1.29 is 4.74 Å². The molecule has 0 aliphatic rings. The summed E-state index contributed by atoms with van der Waals surface area (Å²) in [7, 11) is 1.77. The number of pyridine rings is 1. The Kier molecular flexibility index (Phi) is 6.91. The third kappa shape index (κ3) is 5.15. The van der Waals surface area contributed by atoms with Crippen molar-refractivity contribution >= 4 is 0 Å². The first kappa shape index (κ1) is 15.1. The molecule has 1 rings (SSSR count). The van der Waals surface area contributed by atoms with Gasteiger partial charge < -0.3 is 10.1 Å². The van der Waals surface area contributed by atoms with E-state index < -0.39 is 0 Å². The van der Waals surface area contributed by atoms with Crippen LogP contribution in [0.4, 0.5) is 0 Å². The number of aryl methyl sites for hydroxylation is 1. The van der Waals surface area contributed by atoms with Gasteiger partial charge in [0.1, 0.15) is 0 Å². The molecule has 0 amide bonds. The Morgan fingerprint density at radius 1 is 1.33 bits per heavy atom. The zero-order valence-electron chi connectivity index (χ0n) is 12.1. The number of hydrogen-bond acceptors (Lipinski definition) is 3. The topological polar surface area (TPSA) is 34.1 Å². The van der Waals surface area contributed by atoms with Gasteiger partial charge in [-0.05, 0) is 51.3 Å². The first-order valence-electron chi connectivity index (χ1n) is 6.86. The van der Waals surface area contributed by atoms with E-state index in [0.29, 0.717) is 12.1 Å². The molecule has 0 aromatic carbocycles. The fraction of sp³-hybridized carbons (Fsp3) is 0.667. The minimum absolute atomic E-state index is 0.314. The van der Waals surface area contributed by atoms with Crippen molar-refractivity contribution in [2.24, 2.45) is 0 Å². The van der Waals surface area contributed by atoms with Gasteiger partial charge >= 0.3 is 0 Å². The summed E-state index contributed by atoms with van der Waals surface area (Å²) in [5.74, 6) is 0. The smallest absolute Gasteiger partial charge is 0.0543 e. The van der Waals surface area contributed by atoms with Gasteiger partial charge in [0.05, 0.1) is 6.10 Å². The number of nitrogens with zero attached hydrogens (tertiary/aromatic N) is 1. The van der Waals surface area contributed by atoms with Gasteiger partial charge in [-0.2, -0.15) is 0 Å². The monoisotopic (exact) mass is 250 g/mol. The van der Waals surface area contributed by atoms with Crippen LogP contribution in [0.1, 0.15) is 50.4 Å². The van der Waals surface area contributed by atoms with E-state index in [1.807, 2.05) is 13.1 Å². The van der Waals surface area contributed by atoms with Crippen LogP contribution in [-0.4, -0.2) is 24.7 Å². The lowest BCUT2D eigenvalue weighted by atomic mass is 10.0. The van der Waals surface area contributed by atoms with Gasteiger partial charge in [-0.1, -0.05) is 13.0 Å². The van der Waals surface area contributed by atoms with Gasteiger partial charge in [0.25, 0.3) is 0 Å². The highest BCUT2D eigenvalue weighted by Gasteiger charge is 2.12. The molecule has 1 aromatic rings. The molecule has 1 heterocycles. The molecule has 3 nitrogen and oxygen atoms in total. The van der Waals surface area contributed by atoms with E-state index in [0.717, 1.165) is 31.5 Å². The van der Waals surface area contributed by atoms with E-state index in [2.05, 4.69) is 36.3 Å². The standard InChI is InChI=1S/C15H26N2O/c1-5-10-16-15(9-7-13(3)18-4)14-8-6-12(2)17-11-14/h6,8,11,13,15-16H,5,7,9-10H2,1-4H3. The van der Waals surface area contributed by atoms with Crippen LogP contribution in [0.15, 0.2) is 18.3 Å². The van der Waals surface area contributed by atoms with Crippen molar-refractivity contribution in [3.05, 3.63) is 29.6 Å². The zero-order valence-corrected chi connectivity index (χ0v) is 12.1. The summed E-state index contributed by atoms with van der Waals surface area (Å²) in [6.07, 6.45) is 5.59. The summed E-state index contributed by atoms with van der Waals surface area (Å²) in [5, 5.41) is 3.59. The van der Waals surface area contributed by atoms with Gasteiger partial charge in [-0.3, -0.25) is 4.98 Å². The maximum atomic E-state index is 5.32. The highest BCUT2D eigenvalue weighted by molar-refractivity contribution is 5.17. The SMILES string of the molecule is CCCNC(CCC(C)OC)c1ccc(C)nc1. The average molecular weight is 250 g/mol. The molecule has 0 saturated heterocycles. The summed E-state index contributed by atoms with van der Waals surface area (Å²) in [6.45, 7) is 7.37. The van der Waals surface area contributed by atoms with Crippen LogP contribution in [-0.2, 0) is 4.74 Å². The molecule has 0 bridgehead atoms. The highest BCUT2D eigenvalue weighted by atomic mass is 16.5. The first-order valence-corrected chi connectivity index (χ1v) is 6.86. The summed E-state index contributed by atoms with van der Waals surface area (Å²) in [4.78, 5) is 4.38. The summed E-state index contributed by atoms with van der Waals surface area (Å²) in [6, 6.07) is 4.64. The molecule has 0 fully saturated rings. The molecule has 18 heavy (non-hydrogen) atoms. The second kappa shape index (κ2) is 8.22. The first-order chi connectivity index (χ1) is 8.67. The quantitative estimate of drug-likeness (QED) is 0.769. The summed E-state index contributed by atoms with van der Waals surface area (Å²) in [5.41, 5.74) is 2.34. The molecule has 3 heteroatoms. The van der Waals surface area contributed by atoms with Gasteiger partial charge in [0.15, 0.2) is 0 Å². The Morgan fingerprint density at radius 2 is 2.11 bits per heavy atom. The van der Waals surface area contributed by atoms with Crippen molar-refractivity contribution in [2.45, 2.75) is 52.2 Å². The fourth-order valence-electron chi connectivity index (χ4n) is 1.91. The van der Waals surface area contributed by atoms with Crippen LogP contribution < -0.4 is 5.32 Å². The fourth-order valence-corrected chi connectivity index (χ4v) is 1.91. The van der Waals surface area contributed by atoms with Crippen LogP contribution in [0.25, 0.3) is 0 Å². The predicted octanol–water partition coefficient (Wildman–Crippen LogP) is 3.25. The minimum Gasteiger partial charge on any atom is -0.382 e. The van der Waals surface area contributed by atoms with Gasteiger partial charge in [-0.25, -0.2) is 0 Å². The molecule has 0 aliphatic heterocycles. The Bertz CT molecular complexity index is 324. The molecular formula is C15H26N2O. The largest absolute Gasteiger partial charge is 0.382 e. The van der Waals surface area contributed by atoms with Crippen molar-refractivity contribution in [1.29, 1.82) is 0 Å². The number of nitrogens with one attached hydrogen (secondary N) is 1. The molecule has 102 valence electrons. The normalized spacial score (nSPS) is 14.4. The lowest BCUT2D eigenvalue weighted by molar-refractivity contribution is 0.106. The van der Waals surface area contributed by atoms with Crippen LogP contribution in [0.3, 0.4) is 0 Å². The predicted molar refractivity (Wildman–Crippen MR) is 75.7 cm³/mol. The Hall–Kier alpha value is -0.930. The molecule has 2 atom stereocenters. The maximum Gasteiger partial charge on any atom is 0.0543 e. The van der Waals surface area contributed by atoms with E-state index >= 15 is 0 Å². The number of aromatic nitrogens is 1. The molecule has 0 radical (unpaired) electrons. The molecule has 0 aliphatic carbocycles. The maximum absolute atomic E-state index is 5.32. The second-order valence-electron chi connectivity index (χ2n) is 4.86. The van der Waals surface area contributed by atoms with Gasteiger partial charge in [0.2, 0.25) is 0 Å². The summed E-state index contributed by atoms with van der Waals surface area (Å²) < 4.78 is 5.32. The van der Waals surface area contributed by atoms with E-state index in [1.54, 1.807) is 7.11 Å². The molecule has 0 spiro atoms. The zero-order chi connectivity index (χ0) is 13.4. The second-order valence-corrected chi connectivity index (χ2v) is 4.86. The van der Waals surface area contributed by atoms with Crippen LogP contribution >= 0.6 is 0 Å². The average Bonchev–Trinajstić information content (AvgIpc) is 2.40. The number of methoxy groups -OCH3 is 1. The van der Waals surface area contributed by atoms with E-state index in [-0.39, 0.29) is 0 Å². The highest BCUT2D eigenvalue weighted by Crippen LogP contribution is 2.19. The molecule has 0 saturated carbocycles. The minimum atomic E-state index is 0.314. The molecule has 1 N–H and O–H groups in total. The third-order valence-electron chi connectivity index (χ3n) is 3.24. The molecule has 2 unspecified atom stereocenters. The Morgan fingerprint density at radius 3 is 2.67 bits per heavy atom.